The summed E-state index contributed by atoms with van der Waals surface area (Å²) >= 11 is 0.920. The molecule has 1 aliphatic rings. The number of hydrogen-bond donors (Lipinski definition) is 0. The average Bonchev–Trinajstić information content (AvgIpc) is 3.29. The average molecular weight is 480 g/mol. The molecule has 0 fully saturated rings. The van der Waals surface area contributed by atoms with Gasteiger partial charge in [-0.2, -0.15) is 28.3 Å². The van der Waals surface area contributed by atoms with Gasteiger partial charge in [0.1, 0.15) is 5.04 Å². The first kappa shape index (κ1) is 23.1. The monoisotopic (exact) mass is 480 g/mol. The Bertz CT molecular complexity index is 1310. The van der Waals surface area contributed by atoms with Crippen LogP contribution in [0.5, 0.6) is 0 Å². The van der Waals surface area contributed by atoms with Crippen molar-refractivity contribution >= 4 is 45.7 Å². The summed E-state index contributed by atoms with van der Waals surface area (Å²) in [6.45, 7) is 0. The Kier molecular flexibility index (Phi) is 6.69. The normalized spacial score (nSPS) is 15.6. The van der Waals surface area contributed by atoms with Crippen LogP contribution in [0.1, 0.15) is 26.3 Å². The topological polar surface area (TPSA) is 74.5 Å². The molecule has 0 unspecified atom stereocenters. The summed E-state index contributed by atoms with van der Waals surface area (Å²) in [7, 11) is 0. The second-order valence-electron chi connectivity index (χ2n) is 6.90. The molecule has 0 bridgehead atoms. The number of alkyl halides is 3. The largest absolute Gasteiger partial charge is 0.416 e. The molecular weight excluding hydrogens is 465 g/mol. The summed E-state index contributed by atoms with van der Waals surface area (Å²) < 4.78 is 39.8. The zero-order chi connectivity index (χ0) is 24.1. The van der Waals surface area contributed by atoms with Crippen molar-refractivity contribution in [1.82, 2.24) is 0 Å². The predicted octanol–water partition coefficient (Wildman–Crippen LogP) is 5.68. The van der Waals surface area contributed by atoms with E-state index in [1.54, 1.807) is 48.5 Å². The molecule has 0 N–H and O–H groups in total. The summed E-state index contributed by atoms with van der Waals surface area (Å²) in [4.78, 5) is 33.4. The van der Waals surface area contributed by atoms with Gasteiger partial charge in [0.2, 0.25) is 0 Å². The predicted molar refractivity (Wildman–Crippen MR) is 126 cm³/mol. The number of amides is 2. The molecular formula is C24H15F3N4O2S. The lowest BCUT2D eigenvalue weighted by atomic mass is 10.1. The molecule has 2 amide bonds. The third-order valence-corrected chi connectivity index (χ3v) is 5.30. The fourth-order valence-electron chi connectivity index (χ4n) is 2.92. The highest BCUT2D eigenvalue weighted by molar-refractivity contribution is 8.28. The molecule has 1 heterocycles. The molecule has 3 aromatic rings. The standard InChI is InChI=1S/C24H15F3N4O2S/c25-24(26,27)18-12-7-13-19(14-18)31(22(33)17-10-5-2-6-11-17)30-20-15-28-23(34-20)29-21(32)16-8-3-1-4-9-16/h1-15H/b29-23?,30-20+. The minimum absolute atomic E-state index is 0.0732. The van der Waals surface area contributed by atoms with Crippen LogP contribution in [0.3, 0.4) is 0 Å². The molecule has 0 radical (unpaired) electrons. The van der Waals surface area contributed by atoms with Gasteiger partial charge in [-0.25, -0.2) is 4.99 Å². The van der Waals surface area contributed by atoms with E-state index in [-0.39, 0.29) is 21.5 Å². The SMILES string of the molecule is O=C(N=C1N=C/C(=N\N(C(=O)c2ccccc2)c2cccc(C(F)(F)F)c2)S1)c1ccccc1. The number of amidine groups is 1. The second kappa shape index (κ2) is 9.84. The second-order valence-corrected chi connectivity index (χ2v) is 7.88. The van der Waals surface area contributed by atoms with Gasteiger partial charge in [-0.1, -0.05) is 42.5 Å². The minimum atomic E-state index is -4.59. The lowest BCUT2D eigenvalue weighted by Crippen LogP contribution is -2.27. The number of benzene rings is 3. The first-order valence-electron chi connectivity index (χ1n) is 9.86. The van der Waals surface area contributed by atoms with E-state index in [0.717, 1.165) is 28.9 Å². The van der Waals surface area contributed by atoms with Gasteiger partial charge in [-0.15, -0.1) is 0 Å². The highest BCUT2D eigenvalue weighted by Gasteiger charge is 2.31. The Morgan fingerprint density at radius 3 is 2.15 bits per heavy atom. The Balaban J connectivity index is 1.65. The van der Waals surface area contributed by atoms with Crippen molar-refractivity contribution in [2.75, 3.05) is 5.01 Å². The molecule has 0 spiro atoms. The maximum Gasteiger partial charge on any atom is 0.416 e. The van der Waals surface area contributed by atoms with Gasteiger partial charge < -0.3 is 0 Å². The molecule has 4 rings (SSSR count). The molecule has 0 aromatic heterocycles. The van der Waals surface area contributed by atoms with Crippen molar-refractivity contribution < 1.29 is 22.8 Å². The number of thioether (sulfide) groups is 1. The lowest BCUT2D eigenvalue weighted by molar-refractivity contribution is -0.137. The van der Waals surface area contributed by atoms with Gasteiger partial charge >= 0.3 is 6.18 Å². The van der Waals surface area contributed by atoms with Crippen LogP contribution in [0, 0.1) is 0 Å². The van der Waals surface area contributed by atoms with Crippen LogP contribution in [0.15, 0.2) is 100 Å². The van der Waals surface area contributed by atoms with Crippen LogP contribution < -0.4 is 5.01 Å². The smallest absolute Gasteiger partial charge is 0.267 e. The van der Waals surface area contributed by atoms with Crippen LogP contribution in [-0.2, 0) is 6.18 Å². The molecule has 3 aromatic carbocycles. The molecule has 0 aliphatic carbocycles. The summed E-state index contributed by atoms with van der Waals surface area (Å²) in [5, 5.41) is 5.39. The van der Waals surface area contributed by atoms with E-state index >= 15 is 0 Å². The van der Waals surface area contributed by atoms with Crippen molar-refractivity contribution in [3.05, 3.63) is 102 Å². The van der Waals surface area contributed by atoms with Crippen molar-refractivity contribution in [3.8, 4) is 0 Å². The van der Waals surface area contributed by atoms with E-state index in [9.17, 15) is 22.8 Å². The van der Waals surface area contributed by atoms with E-state index in [0.29, 0.717) is 5.56 Å². The third-order valence-electron chi connectivity index (χ3n) is 4.53. The van der Waals surface area contributed by atoms with E-state index in [2.05, 4.69) is 15.1 Å². The number of hydrazone groups is 1. The number of nitrogens with zero attached hydrogens (tertiary/aromatic N) is 4. The van der Waals surface area contributed by atoms with Crippen molar-refractivity contribution in [2.24, 2.45) is 15.1 Å². The van der Waals surface area contributed by atoms with Crippen LogP contribution in [0.4, 0.5) is 18.9 Å². The van der Waals surface area contributed by atoms with E-state index in [1.165, 1.54) is 30.5 Å². The van der Waals surface area contributed by atoms with Crippen molar-refractivity contribution in [3.63, 3.8) is 0 Å². The van der Waals surface area contributed by atoms with Crippen molar-refractivity contribution in [2.45, 2.75) is 6.18 Å². The van der Waals surface area contributed by atoms with Gasteiger partial charge in [0.05, 0.1) is 17.5 Å². The highest BCUT2D eigenvalue weighted by atomic mass is 32.2. The molecule has 0 saturated heterocycles. The van der Waals surface area contributed by atoms with E-state index in [1.807, 2.05) is 0 Å². The van der Waals surface area contributed by atoms with Crippen LogP contribution in [0.2, 0.25) is 0 Å². The number of carbonyl (C=O) groups is 2. The van der Waals surface area contributed by atoms with Gasteiger partial charge in [-0.05, 0) is 54.2 Å². The molecule has 34 heavy (non-hydrogen) atoms. The summed E-state index contributed by atoms with van der Waals surface area (Å²) in [6.07, 6.45) is -3.30. The minimum Gasteiger partial charge on any atom is -0.267 e. The zero-order valence-electron chi connectivity index (χ0n) is 17.3. The molecule has 1 aliphatic heterocycles. The highest BCUT2D eigenvalue weighted by Crippen LogP contribution is 2.32. The number of rotatable bonds is 4. The summed E-state index contributed by atoms with van der Waals surface area (Å²) in [5.74, 6) is -1.14. The van der Waals surface area contributed by atoms with Gasteiger partial charge in [0, 0.05) is 11.1 Å². The molecule has 6 nitrogen and oxygen atoms in total. The fraction of sp³-hybridized carbons (Fsp3) is 0.0417. The van der Waals surface area contributed by atoms with Crippen LogP contribution in [0.25, 0.3) is 0 Å². The number of aliphatic imine (C=N–C) groups is 2. The summed E-state index contributed by atoms with van der Waals surface area (Å²) in [6, 6.07) is 20.7. The van der Waals surface area contributed by atoms with E-state index < -0.39 is 23.6 Å². The Morgan fingerprint density at radius 2 is 1.50 bits per heavy atom. The number of hydrogen-bond acceptors (Lipinski definition) is 4. The first-order chi connectivity index (χ1) is 16.3. The molecule has 170 valence electrons. The third kappa shape index (κ3) is 5.46. The van der Waals surface area contributed by atoms with Crippen LogP contribution >= 0.6 is 11.8 Å². The van der Waals surface area contributed by atoms with Crippen LogP contribution in [-0.4, -0.2) is 28.2 Å². The van der Waals surface area contributed by atoms with E-state index in [4.69, 9.17) is 0 Å². The number of anilines is 1. The summed E-state index contributed by atoms with van der Waals surface area (Å²) in [5.41, 5.74) is -0.381. The number of carbonyl (C=O) groups excluding carboxylic acids is 2. The maximum absolute atomic E-state index is 13.3. The maximum atomic E-state index is 13.3. The Labute approximate surface area is 196 Å². The van der Waals surface area contributed by atoms with Crippen molar-refractivity contribution in [1.29, 1.82) is 0 Å². The molecule has 0 atom stereocenters. The molecule has 10 heteroatoms. The Hall–Kier alpha value is -4.05. The first-order valence-corrected chi connectivity index (χ1v) is 10.7. The van der Waals surface area contributed by atoms with Gasteiger partial charge in [0.25, 0.3) is 11.8 Å². The Morgan fingerprint density at radius 1 is 0.853 bits per heavy atom. The molecule has 0 saturated carbocycles. The zero-order valence-corrected chi connectivity index (χ0v) is 18.1. The number of halogens is 3. The van der Waals surface area contributed by atoms with Gasteiger partial charge in [0.15, 0.2) is 5.17 Å². The van der Waals surface area contributed by atoms with Gasteiger partial charge in [-0.3, -0.25) is 9.59 Å². The quantitative estimate of drug-likeness (QED) is 0.451. The fourth-order valence-corrected chi connectivity index (χ4v) is 3.57. The lowest BCUT2D eigenvalue weighted by Gasteiger charge is -2.19.